The maximum Gasteiger partial charge on any atom is 0.516 e. The van der Waals surface area contributed by atoms with Gasteiger partial charge in [0, 0.05) is 24.5 Å². The molecule has 0 unspecified atom stereocenters. The summed E-state index contributed by atoms with van der Waals surface area (Å²) in [4.78, 5) is 13.9. The molecule has 162 valence electrons. The normalized spacial score (nSPS) is 11.7. The zero-order chi connectivity index (χ0) is 22.6. The van der Waals surface area contributed by atoms with Crippen LogP contribution in [0.2, 0.25) is 0 Å². The Morgan fingerprint density at radius 3 is 2.06 bits per heavy atom. The summed E-state index contributed by atoms with van der Waals surface area (Å²) in [6, 6.07) is 13.0. The summed E-state index contributed by atoms with van der Waals surface area (Å²) in [5, 5.41) is 10.7. The summed E-state index contributed by atoms with van der Waals surface area (Å²) >= 11 is 0. The van der Waals surface area contributed by atoms with Crippen LogP contribution in [0.5, 0.6) is 11.5 Å². The highest BCUT2D eigenvalue weighted by Gasteiger charge is 2.50. The number of nitro benzene ring substituents is 1. The van der Waals surface area contributed by atoms with Crippen LogP contribution in [0.1, 0.15) is 5.56 Å². The van der Waals surface area contributed by atoms with E-state index in [0.717, 1.165) is 0 Å². The van der Waals surface area contributed by atoms with Crippen LogP contribution < -0.4 is 9.04 Å². The summed E-state index contributed by atoms with van der Waals surface area (Å²) in [6.07, 6.45) is 2.68. The lowest BCUT2D eigenvalue weighted by Gasteiger charge is -2.25. The third-order valence-corrected chi connectivity index (χ3v) is 5.54. The molecule has 3 aromatic rings. The van der Waals surface area contributed by atoms with Crippen LogP contribution in [-0.4, -0.2) is 23.8 Å². The van der Waals surface area contributed by atoms with E-state index < -0.39 is 27.0 Å². The van der Waals surface area contributed by atoms with Gasteiger partial charge in [-0.1, -0.05) is 6.07 Å². The first-order valence-corrected chi connectivity index (χ1v) is 10.0. The Bertz CT molecular complexity index is 1150. The van der Waals surface area contributed by atoms with Crippen molar-refractivity contribution < 1.29 is 31.2 Å². The number of rotatable bonds is 7. The number of halogens is 3. The van der Waals surface area contributed by atoms with Crippen molar-refractivity contribution in [2.75, 3.05) is 4.31 Å². The monoisotopic (exact) mass is 453 g/mol. The molecular weight excluding hydrogens is 439 g/mol. The molecule has 0 N–H and O–H groups in total. The van der Waals surface area contributed by atoms with Gasteiger partial charge in [-0.05, 0) is 48.0 Å². The predicted molar refractivity (Wildman–Crippen MR) is 105 cm³/mol. The van der Waals surface area contributed by atoms with Crippen molar-refractivity contribution in [2.45, 2.75) is 12.1 Å². The van der Waals surface area contributed by atoms with Crippen LogP contribution in [0.25, 0.3) is 0 Å². The minimum absolute atomic E-state index is 0.133. The minimum atomic E-state index is -5.67. The highest BCUT2D eigenvalue weighted by atomic mass is 32.2. The molecule has 0 bridgehead atoms. The molecule has 0 saturated heterocycles. The van der Waals surface area contributed by atoms with Gasteiger partial charge in [-0.25, -0.2) is 0 Å². The molecule has 31 heavy (non-hydrogen) atoms. The van der Waals surface area contributed by atoms with E-state index in [-0.39, 0.29) is 32.7 Å². The van der Waals surface area contributed by atoms with E-state index in [0.29, 0.717) is 0 Å². The second kappa shape index (κ2) is 8.60. The van der Waals surface area contributed by atoms with Crippen LogP contribution in [-0.2, 0) is 16.6 Å². The summed E-state index contributed by atoms with van der Waals surface area (Å²) < 4.78 is 69.6. The first-order chi connectivity index (χ1) is 14.6. The van der Waals surface area contributed by atoms with Gasteiger partial charge in [-0.15, -0.1) is 0 Å². The van der Waals surface area contributed by atoms with Crippen molar-refractivity contribution in [3.8, 4) is 11.5 Å². The molecule has 1 aromatic heterocycles. The first kappa shape index (κ1) is 22.0. The zero-order valence-electron chi connectivity index (χ0n) is 15.6. The number of alkyl halides is 3. The standard InChI is InChI=1S/C19H14F3N3O5S/c20-19(21,22)31(28,29)24(13-14-2-1-11-23-12-14)15-3-7-17(8-4-15)30-18-9-5-16(6-10-18)25(26)27/h1-12H,13H2. The fraction of sp³-hybridized carbons (Fsp3) is 0.105. The van der Waals surface area contributed by atoms with Gasteiger partial charge in [0.25, 0.3) is 5.69 Å². The summed E-state index contributed by atoms with van der Waals surface area (Å²) in [5.41, 5.74) is -5.59. The number of pyridine rings is 1. The molecule has 0 atom stereocenters. The molecule has 0 radical (unpaired) electrons. The number of nitro groups is 1. The SMILES string of the molecule is O=[N+]([O-])c1ccc(Oc2ccc(N(Cc3cccnc3)S(=O)(=O)C(F)(F)F)cc2)cc1. The Kier molecular flexibility index (Phi) is 6.11. The van der Waals surface area contributed by atoms with E-state index in [9.17, 15) is 31.7 Å². The van der Waals surface area contributed by atoms with Gasteiger partial charge >= 0.3 is 15.5 Å². The molecule has 0 aliphatic carbocycles. The molecule has 8 nitrogen and oxygen atoms in total. The van der Waals surface area contributed by atoms with E-state index in [1.165, 1.54) is 73.1 Å². The Hall–Kier alpha value is -3.67. The lowest BCUT2D eigenvalue weighted by atomic mass is 10.2. The summed E-state index contributed by atoms with van der Waals surface area (Å²) in [6.45, 7) is -0.571. The molecule has 12 heteroatoms. The van der Waals surface area contributed by atoms with Crippen molar-refractivity contribution >= 4 is 21.4 Å². The van der Waals surface area contributed by atoms with Crippen LogP contribution in [0.4, 0.5) is 24.5 Å². The molecule has 2 aromatic carbocycles. The molecule has 0 spiro atoms. The van der Waals surface area contributed by atoms with E-state index in [1.54, 1.807) is 0 Å². The van der Waals surface area contributed by atoms with Crippen LogP contribution in [0, 0.1) is 10.1 Å². The molecule has 0 saturated carbocycles. The fourth-order valence-corrected chi connectivity index (χ4v) is 3.52. The topological polar surface area (TPSA) is 103 Å². The quantitative estimate of drug-likeness (QED) is 0.382. The molecule has 1 heterocycles. The number of sulfonamides is 1. The third-order valence-electron chi connectivity index (χ3n) is 4.04. The van der Waals surface area contributed by atoms with Crippen LogP contribution in [0.15, 0.2) is 73.1 Å². The molecular formula is C19H14F3N3O5S. The van der Waals surface area contributed by atoms with Gasteiger partial charge in [0.05, 0.1) is 17.2 Å². The highest BCUT2D eigenvalue weighted by molar-refractivity contribution is 7.93. The van der Waals surface area contributed by atoms with Gasteiger partial charge < -0.3 is 4.74 Å². The molecule has 0 fully saturated rings. The Balaban J connectivity index is 1.87. The number of hydrogen-bond donors (Lipinski definition) is 0. The smallest absolute Gasteiger partial charge is 0.457 e. The zero-order valence-corrected chi connectivity index (χ0v) is 16.4. The van der Waals surface area contributed by atoms with Crippen molar-refractivity contribution in [3.63, 3.8) is 0 Å². The second-order valence-corrected chi connectivity index (χ2v) is 8.02. The van der Waals surface area contributed by atoms with Gasteiger partial charge in [0.15, 0.2) is 0 Å². The van der Waals surface area contributed by atoms with Gasteiger partial charge in [-0.3, -0.25) is 19.4 Å². The van der Waals surface area contributed by atoms with E-state index >= 15 is 0 Å². The average Bonchev–Trinajstić information content (AvgIpc) is 2.73. The maximum atomic E-state index is 13.2. The van der Waals surface area contributed by atoms with Crippen LogP contribution in [0.3, 0.4) is 0 Å². The Morgan fingerprint density at radius 2 is 1.58 bits per heavy atom. The number of hydrogen-bond acceptors (Lipinski definition) is 6. The first-order valence-electron chi connectivity index (χ1n) is 8.58. The third kappa shape index (κ3) is 5.09. The fourth-order valence-electron chi connectivity index (χ4n) is 2.55. The number of non-ortho nitro benzene ring substituents is 1. The summed E-state index contributed by atoms with van der Waals surface area (Å²) in [5.74, 6) is 0.455. The van der Waals surface area contributed by atoms with Gasteiger partial charge in [0.2, 0.25) is 0 Å². The van der Waals surface area contributed by atoms with Gasteiger partial charge in [0.1, 0.15) is 11.5 Å². The molecule has 0 amide bonds. The van der Waals surface area contributed by atoms with Crippen molar-refractivity contribution in [3.05, 3.63) is 88.7 Å². The molecule has 3 rings (SSSR count). The Morgan fingerprint density at radius 1 is 1.00 bits per heavy atom. The van der Waals surface area contributed by atoms with E-state index in [1.807, 2.05) is 0 Å². The number of benzene rings is 2. The van der Waals surface area contributed by atoms with E-state index in [2.05, 4.69) is 4.98 Å². The average molecular weight is 453 g/mol. The van der Waals surface area contributed by atoms with Crippen molar-refractivity contribution in [2.24, 2.45) is 0 Å². The van der Waals surface area contributed by atoms with Crippen molar-refractivity contribution in [1.29, 1.82) is 0 Å². The highest BCUT2D eigenvalue weighted by Crippen LogP contribution is 2.33. The van der Waals surface area contributed by atoms with Crippen LogP contribution >= 0.6 is 0 Å². The lowest BCUT2D eigenvalue weighted by molar-refractivity contribution is -0.384. The van der Waals surface area contributed by atoms with Crippen molar-refractivity contribution in [1.82, 2.24) is 4.98 Å². The second-order valence-electron chi connectivity index (χ2n) is 6.17. The maximum absolute atomic E-state index is 13.2. The summed E-state index contributed by atoms with van der Waals surface area (Å²) in [7, 11) is -5.67. The minimum Gasteiger partial charge on any atom is -0.457 e. The molecule has 0 aliphatic heterocycles. The number of ether oxygens (including phenoxy) is 1. The number of aromatic nitrogens is 1. The lowest BCUT2D eigenvalue weighted by Crippen LogP contribution is -2.40. The number of anilines is 1. The van der Waals surface area contributed by atoms with E-state index in [4.69, 9.17) is 4.74 Å². The molecule has 0 aliphatic rings. The largest absolute Gasteiger partial charge is 0.516 e. The predicted octanol–water partition coefficient (Wildman–Crippen LogP) is 4.64. The Labute approximate surface area is 174 Å². The number of nitrogens with zero attached hydrogens (tertiary/aromatic N) is 3. The van der Waals surface area contributed by atoms with Gasteiger partial charge in [-0.2, -0.15) is 21.6 Å².